The van der Waals surface area contributed by atoms with Gasteiger partial charge in [-0.25, -0.2) is 4.39 Å². The number of halogens is 1. The Morgan fingerprint density at radius 2 is 2.10 bits per heavy atom. The number of carbonyl (C=O) groups is 1. The van der Waals surface area contributed by atoms with Crippen LogP contribution < -0.4 is 11.1 Å². The molecule has 1 aromatic rings. The lowest BCUT2D eigenvalue weighted by molar-refractivity contribution is -0.125. The number of nitrogens with one attached hydrogen (secondary N) is 1. The number of hydrogen-bond donors (Lipinski definition) is 2. The fraction of sp³-hybridized carbons (Fsp3) is 0.533. The highest BCUT2D eigenvalue weighted by molar-refractivity contribution is 5.78. The van der Waals surface area contributed by atoms with E-state index in [9.17, 15) is 9.18 Å². The minimum absolute atomic E-state index is 0.109. The van der Waals surface area contributed by atoms with Crippen molar-refractivity contribution < 1.29 is 9.18 Å². The van der Waals surface area contributed by atoms with E-state index in [1.807, 2.05) is 0 Å². The average molecular weight is 279 g/mol. The van der Waals surface area contributed by atoms with Gasteiger partial charge in [-0.3, -0.25) is 9.69 Å². The second-order valence-electron chi connectivity index (χ2n) is 5.28. The standard InChI is InChI=1S/C15H22FN3O/c1-18-15(20)11-4-6-19(7-5-11)10-13-8-14(16)3-2-12(13)9-17/h2-3,8,11H,4-7,9-10,17H2,1H3,(H,18,20). The first-order chi connectivity index (χ1) is 9.63. The van der Waals surface area contributed by atoms with Crippen molar-refractivity contribution in [2.24, 2.45) is 11.7 Å². The molecule has 20 heavy (non-hydrogen) atoms. The summed E-state index contributed by atoms with van der Waals surface area (Å²) in [6, 6.07) is 4.76. The molecule has 1 fully saturated rings. The minimum Gasteiger partial charge on any atom is -0.359 e. The molecular formula is C15H22FN3O. The van der Waals surface area contributed by atoms with Crippen LogP contribution in [0.3, 0.4) is 0 Å². The highest BCUT2D eigenvalue weighted by Gasteiger charge is 2.24. The molecule has 1 heterocycles. The summed E-state index contributed by atoms with van der Waals surface area (Å²) in [5, 5.41) is 2.70. The number of likely N-dealkylation sites (tertiary alicyclic amines) is 1. The topological polar surface area (TPSA) is 58.4 Å². The molecule has 1 aromatic carbocycles. The average Bonchev–Trinajstić information content (AvgIpc) is 2.47. The summed E-state index contributed by atoms with van der Waals surface area (Å²) in [5.41, 5.74) is 7.63. The van der Waals surface area contributed by atoms with Crippen LogP contribution >= 0.6 is 0 Å². The van der Waals surface area contributed by atoms with Gasteiger partial charge in [-0.2, -0.15) is 0 Å². The second kappa shape index (κ2) is 6.81. The fourth-order valence-electron chi connectivity index (χ4n) is 2.74. The maximum atomic E-state index is 13.3. The van der Waals surface area contributed by atoms with Crippen LogP contribution in [0, 0.1) is 11.7 Å². The zero-order valence-electron chi connectivity index (χ0n) is 11.9. The molecule has 1 aliphatic rings. The molecule has 0 atom stereocenters. The molecule has 0 aromatic heterocycles. The smallest absolute Gasteiger partial charge is 0.222 e. The number of benzene rings is 1. The lowest BCUT2D eigenvalue weighted by Gasteiger charge is -2.31. The molecule has 2 rings (SSSR count). The van der Waals surface area contributed by atoms with E-state index in [0.717, 1.165) is 37.1 Å². The molecule has 3 N–H and O–H groups in total. The molecule has 1 saturated heterocycles. The zero-order valence-corrected chi connectivity index (χ0v) is 11.9. The Morgan fingerprint density at radius 3 is 2.70 bits per heavy atom. The van der Waals surface area contributed by atoms with Gasteiger partial charge >= 0.3 is 0 Å². The van der Waals surface area contributed by atoms with E-state index < -0.39 is 0 Å². The van der Waals surface area contributed by atoms with E-state index >= 15 is 0 Å². The SMILES string of the molecule is CNC(=O)C1CCN(Cc2cc(F)ccc2CN)CC1. The van der Waals surface area contributed by atoms with Gasteiger partial charge in [0.15, 0.2) is 0 Å². The Hall–Kier alpha value is -1.46. The molecule has 4 nitrogen and oxygen atoms in total. The van der Waals surface area contributed by atoms with Crippen LogP contribution in [0.15, 0.2) is 18.2 Å². The van der Waals surface area contributed by atoms with Crippen molar-refractivity contribution in [1.82, 2.24) is 10.2 Å². The summed E-state index contributed by atoms with van der Waals surface area (Å²) in [5.74, 6) is 0.00763. The van der Waals surface area contributed by atoms with Gasteiger partial charge < -0.3 is 11.1 Å². The molecule has 5 heteroatoms. The molecule has 1 amide bonds. The number of piperidine rings is 1. The van der Waals surface area contributed by atoms with Gasteiger partial charge in [0.1, 0.15) is 5.82 Å². The van der Waals surface area contributed by atoms with Crippen molar-refractivity contribution in [1.29, 1.82) is 0 Å². The predicted molar refractivity (Wildman–Crippen MR) is 76.4 cm³/mol. The third-order valence-electron chi connectivity index (χ3n) is 3.99. The van der Waals surface area contributed by atoms with Gasteiger partial charge in [-0.1, -0.05) is 6.07 Å². The summed E-state index contributed by atoms with van der Waals surface area (Å²) >= 11 is 0. The van der Waals surface area contributed by atoms with Crippen molar-refractivity contribution in [3.05, 3.63) is 35.1 Å². The Balaban J connectivity index is 1.96. The van der Waals surface area contributed by atoms with Gasteiger partial charge in [-0.05, 0) is 49.2 Å². The van der Waals surface area contributed by atoms with Crippen LogP contribution in [-0.4, -0.2) is 30.9 Å². The molecular weight excluding hydrogens is 257 g/mol. The van der Waals surface area contributed by atoms with Crippen LogP contribution in [0.4, 0.5) is 4.39 Å². The fourth-order valence-corrected chi connectivity index (χ4v) is 2.74. The zero-order chi connectivity index (χ0) is 14.5. The van der Waals surface area contributed by atoms with Crippen molar-refractivity contribution in [2.75, 3.05) is 20.1 Å². The highest BCUT2D eigenvalue weighted by atomic mass is 19.1. The molecule has 0 spiro atoms. The predicted octanol–water partition coefficient (Wildman–Crippen LogP) is 1.24. The summed E-state index contributed by atoms with van der Waals surface area (Å²) in [7, 11) is 1.68. The lowest BCUT2D eigenvalue weighted by atomic mass is 9.95. The van der Waals surface area contributed by atoms with Crippen molar-refractivity contribution in [3.8, 4) is 0 Å². The number of rotatable bonds is 4. The number of nitrogens with zero attached hydrogens (tertiary/aromatic N) is 1. The monoisotopic (exact) mass is 279 g/mol. The maximum absolute atomic E-state index is 13.3. The second-order valence-corrected chi connectivity index (χ2v) is 5.28. The molecule has 0 radical (unpaired) electrons. The highest BCUT2D eigenvalue weighted by Crippen LogP contribution is 2.21. The van der Waals surface area contributed by atoms with Crippen LogP contribution in [0.1, 0.15) is 24.0 Å². The van der Waals surface area contributed by atoms with Crippen LogP contribution in [0.2, 0.25) is 0 Å². The summed E-state index contributed by atoms with van der Waals surface area (Å²) < 4.78 is 13.3. The van der Waals surface area contributed by atoms with Crippen molar-refractivity contribution in [3.63, 3.8) is 0 Å². The first-order valence-electron chi connectivity index (χ1n) is 7.05. The summed E-state index contributed by atoms with van der Waals surface area (Å²) in [4.78, 5) is 13.8. The van der Waals surface area contributed by atoms with Crippen LogP contribution in [-0.2, 0) is 17.9 Å². The quantitative estimate of drug-likeness (QED) is 0.872. The van der Waals surface area contributed by atoms with Gasteiger partial charge in [0, 0.05) is 26.1 Å². The van der Waals surface area contributed by atoms with Gasteiger partial charge in [-0.15, -0.1) is 0 Å². The Kier molecular flexibility index (Phi) is 5.09. The third kappa shape index (κ3) is 3.55. The molecule has 0 aliphatic carbocycles. The van der Waals surface area contributed by atoms with E-state index in [2.05, 4.69) is 10.2 Å². The Bertz CT molecular complexity index is 470. The molecule has 0 saturated carbocycles. The number of hydrogen-bond acceptors (Lipinski definition) is 3. The van der Waals surface area contributed by atoms with Gasteiger partial charge in [0.05, 0.1) is 0 Å². The van der Waals surface area contributed by atoms with Crippen molar-refractivity contribution >= 4 is 5.91 Å². The Labute approximate surface area is 119 Å². The largest absolute Gasteiger partial charge is 0.359 e. The molecule has 1 aliphatic heterocycles. The van der Waals surface area contributed by atoms with Gasteiger partial charge in [0.25, 0.3) is 0 Å². The number of nitrogens with two attached hydrogens (primary N) is 1. The lowest BCUT2D eigenvalue weighted by Crippen LogP contribution is -2.39. The number of carbonyl (C=O) groups excluding carboxylic acids is 1. The van der Waals surface area contributed by atoms with Gasteiger partial charge in [0.2, 0.25) is 5.91 Å². The normalized spacial score (nSPS) is 17.1. The van der Waals surface area contributed by atoms with E-state index in [-0.39, 0.29) is 17.6 Å². The van der Waals surface area contributed by atoms with E-state index in [1.165, 1.54) is 6.07 Å². The first kappa shape index (κ1) is 14.9. The van der Waals surface area contributed by atoms with E-state index in [0.29, 0.717) is 13.1 Å². The van der Waals surface area contributed by atoms with E-state index in [4.69, 9.17) is 5.73 Å². The van der Waals surface area contributed by atoms with Crippen LogP contribution in [0.25, 0.3) is 0 Å². The summed E-state index contributed by atoms with van der Waals surface area (Å²) in [6.45, 7) is 2.84. The maximum Gasteiger partial charge on any atom is 0.222 e. The van der Waals surface area contributed by atoms with Crippen LogP contribution in [0.5, 0.6) is 0 Å². The Morgan fingerprint density at radius 1 is 1.40 bits per heavy atom. The molecule has 110 valence electrons. The summed E-state index contributed by atoms with van der Waals surface area (Å²) in [6.07, 6.45) is 1.71. The van der Waals surface area contributed by atoms with E-state index in [1.54, 1.807) is 19.2 Å². The number of amides is 1. The minimum atomic E-state index is -0.225. The third-order valence-corrected chi connectivity index (χ3v) is 3.99. The first-order valence-corrected chi connectivity index (χ1v) is 7.05. The molecule has 0 bridgehead atoms. The van der Waals surface area contributed by atoms with Crippen molar-refractivity contribution in [2.45, 2.75) is 25.9 Å². The molecule has 0 unspecified atom stereocenters.